The second kappa shape index (κ2) is 7.58. The van der Waals surface area contributed by atoms with Crippen molar-refractivity contribution in [2.75, 3.05) is 0 Å². The summed E-state index contributed by atoms with van der Waals surface area (Å²) in [5.74, 6) is -0.368. The molecule has 1 aromatic heterocycles. The molecule has 0 radical (unpaired) electrons. The van der Waals surface area contributed by atoms with Gasteiger partial charge in [0.25, 0.3) is 0 Å². The summed E-state index contributed by atoms with van der Waals surface area (Å²) < 4.78 is 42.1. The fraction of sp³-hybridized carbons (Fsp3) is 0.182. The van der Waals surface area contributed by atoms with Crippen LogP contribution in [0, 0.1) is 5.92 Å². The van der Waals surface area contributed by atoms with Crippen LogP contribution in [0.25, 0.3) is 11.1 Å². The second-order valence-corrected chi connectivity index (χ2v) is 6.84. The summed E-state index contributed by atoms with van der Waals surface area (Å²) in [6.45, 7) is 0. The largest absolute Gasteiger partial charge is 0.857 e. The van der Waals surface area contributed by atoms with E-state index >= 15 is 0 Å². The molecular formula is C22H17F3N2O2. The number of benzene rings is 2. The maximum atomic E-state index is 12.3. The highest BCUT2D eigenvalue weighted by Crippen LogP contribution is 2.47. The van der Waals surface area contributed by atoms with Crippen molar-refractivity contribution in [2.24, 2.45) is 11.0 Å². The molecule has 3 aromatic rings. The van der Waals surface area contributed by atoms with Crippen molar-refractivity contribution < 1.29 is 27.7 Å². The highest BCUT2D eigenvalue weighted by molar-refractivity contribution is 5.78. The lowest BCUT2D eigenvalue weighted by molar-refractivity contribution is -0.681. The van der Waals surface area contributed by atoms with Crippen LogP contribution in [0.3, 0.4) is 0 Å². The molecule has 0 N–H and O–H groups in total. The molecule has 29 heavy (non-hydrogen) atoms. The van der Waals surface area contributed by atoms with Crippen molar-refractivity contribution in [2.45, 2.75) is 18.7 Å². The molecule has 1 aliphatic carbocycles. The van der Waals surface area contributed by atoms with Crippen LogP contribution >= 0.6 is 0 Å². The molecule has 1 saturated carbocycles. The van der Waals surface area contributed by atoms with Crippen LogP contribution in [-0.4, -0.2) is 12.3 Å². The Bertz CT molecular complexity index is 1000. The molecule has 4 nitrogen and oxygen atoms in total. The Labute approximate surface area is 165 Å². The molecule has 7 heteroatoms. The molecule has 4 rings (SSSR count). The van der Waals surface area contributed by atoms with Gasteiger partial charge < -0.3 is 9.84 Å². The average Bonchev–Trinajstić information content (AvgIpc) is 3.49. The predicted molar refractivity (Wildman–Crippen MR) is 98.9 cm³/mol. The summed E-state index contributed by atoms with van der Waals surface area (Å²) in [6.07, 6.45) is -0.504. The summed E-state index contributed by atoms with van der Waals surface area (Å²) in [5.41, 5.74) is 2.71. The van der Waals surface area contributed by atoms with Crippen molar-refractivity contribution >= 4 is 5.90 Å². The van der Waals surface area contributed by atoms with Crippen molar-refractivity contribution in [3.05, 3.63) is 84.7 Å². The van der Waals surface area contributed by atoms with E-state index in [9.17, 15) is 18.3 Å². The Morgan fingerprint density at radius 3 is 2.10 bits per heavy atom. The second-order valence-electron chi connectivity index (χ2n) is 6.84. The minimum absolute atomic E-state index is 0.118. The van der Waals surface area contributed by atoms with Crippen LogP contribution in [0.4, 0.5) is 13.2 Å². The zero-order chi connectivity index (χ0) is 20.4. The third-order valence-electron chi connectivity index (χ3n) is 4.78. The highest BCUT2D eigenvalue weighted by atomic mass is 19.4. The van der Waals surface area contributed by atoms with Gasteiger partial charge in [-0.1, -0.05) is 47.1 Å². The van der Waals surface area contributed by atoms with Crippen molar-refractivity contribution in [1.29, 1.82) is 0 Å². The number of pyridine rings is 1. The molecule has 148 valence electrons. The fourth-order valence-corrected chi connectivity index (χ4v) is 3.25. The van der Waals surface area contributed by atoms with E-state index < -0.39 is 6.36 Å². The van der Waals surface area contributed by atoms with E-state index in [-0.39, 0.29) is 23.5 Å². The average molecular weight is 398 g/mol. The molecule has 2 unspecified atom stereocenters. The van der Waals surface area contributed by atoms with Crippen LogP contribution in [0.15, 0.2) is 84.2 Å². The van der Waals surface area contributed by atoms with Crippen LogP contribution in [0.2, 0.25) is 0 Å². The normalized spacial score (nSPS) is 19.1. The molecule has 2 atom stereocenters. The first-order valence-electron chi connectivity index (χ1n) is 9.07. The first-order valence-corrected chi connectivity index (χ1v) is 9.07. The summed E-state index contributed by atoms with van der Waals surface area (Å²) >= 11 is 0. The molecule has 0 bridgehead atoms. The van der Waals surface area contributed by atoms with E-state index in [0.29, 0.717) is 0 Å². The van der Waals surface area contributed by atoms with E-state index in [0.717, 1.165) is 23.1 Å². The summed E-state index contributed by atoms with van der Waals surface area (Å²) in [6, 6.07) is 18.9. The zero-order valence-corrected chi connectivity index (χ0v) is 15.2. The fourth-order valence-electron chi connectivity index (χ4n) is 3.25. The van der Waals surface area contributed by atoms with Crippen LogP contribution < -0.4 is 14.5 Å². The SMILES string of the molecule is [O-]C(=N[n+]1ccccc1)C1CC1c1ccc(-c2ccc(OC(F)(F)F)cc2)cc1. The molecule has 0 spiro atoms. The van der Waals surface area contributed by atoms with E-state index in [1.165, 1.54) is 16.8 Å². The van der Waals surface area contributed by atoms with Gasteiger partial charge in [0.1, 0.15) is 5.75 Å². The van der Waals surface area contributed by atoms with Crippen molar-refractivity contribution in [3.8, 4) is 16.9 Å². The smallest absolute Gasteiger partial charge is 0.573 e. The summed E-state index contributed by atoms with van der Waals surface area (Å²) in [5, 5.41) is 16.4. The maximum absolute atomic E-state index is 12.3. The third kappa shape index (κ3) is 4.74. The predicted octanol–water partition coefficient (Wildman–Crippen LogP) is 3.87. The lowest BCUT2D eigenvalue weighted by Crippen LogP contribution is -2.33. The Morgan fingerprint density at radius 1 is 0.931 bits per heavy atom. The van der Waals surface area contributed by atoms with Crippen molar-refractivity contribution in [3.63, 3.8) is 0 Å². The number of alkyl halides is 3. The molecule has 1 aliphatic rings. The van der Waals surface area contributed by atoms with Gasteiger partial charge in [0, 0.05) is 23.9 Å². The number of hydrogen-bond acceptors (Lipinski definition) is 3. The quantitative estimate of drug-likeness (QED) is 0.372. The first kappa shape index (κ1) is 19.0. The number of nitrogens with zero attached hydrogens (tertiary/aromatic N) is 2. The lowest BCUT2D eigenvalue weighted by atomic mass is 10.0. The molecule has 0 aliphatic heterocycles. The molecule has 0 saturated heterocycles. The number of hydrogen-bond donors (Lipinski definition) is 0. The summed E-state index contributed by atoms with van der Waals surface area (Å²) in [7, 11) is 0. The molecule has 2 aromatic carbocycles. The first-order chi connectivity index (χ1) is 13.9. The Balaban J connectivity index is 1.42. The number of aromatic nitrogens is 1. The van der Waals surface area contributed by atoms with E-state index in [1.807, 2.05) is 42.5 Å². The van der Waals surface area contributed by atoms with E-state index in [2.05, 4.69) is 9.84 Å². The van der Waals surface area contributed by atoms with Crippen LogP contribution in [0.5, 0.6) is 5.75 Å². The highest BCUT2D eigenvalue weighted by Gasteiger charge is 2.39. The Morgan fingerprint density at radius 2 is 1.52 bits per heavy atom. The van der Waals surface area contributed by atoms with Crippen LogP contribution in [0.1, 0.15) is 17.9 Å². The molecule has 0 amide bonds. The summed E-state index contributed by atoms with van der Waals surface area (Å²) in [4.78, 5) is 0. The van der Waals surface area contributed by atoms with Crippen LogP contribution in [-0.2, 0) is 0 Å². The lowest BCUT2D eigenvalue weighted by Gasteiger charge is -2.10. The van der Waals surface area contributed by atoms with Gasteiger partial charge in [0.05, 0.1) is 0 Å². The molecular weight excluding hydrogens is 381 g/mol. The molecule has 1 heterocycles. The Hall–Kier alpha value is -3.35. The van der Waals surface area contributed by atoms with Gasteiger partial charge in [-0.2, -0.15) is 0 Å². The maximum Gasteiger partial charge on any atom is 0.573 e. The van der Waals surface area contributed by atoms with Gasteiger partial charge in [-0.15, -0.1) is 13.2 Å². The number of ether oxygens (including phenoxy) is 1. The topological polar surface area (TPSA) is 48.5 Å². The minimum atomic E-state index is -4.70. The zero-order valence-electron chi connectivity index (χ0n) is 15.2. The minimum Gasteiger partial charge on any atom is -0.857 e. The van der Waals surface area contributed by atoms with Gasteiger partial charge in [-0.3, -0.25) is 0 Å². The standard InChI is InChI=1S/C22H17F3N2O2/c23-22(24,25)29-18-10-8-16(9-11-18)15-4-6-17(7-5-15)19-14-20(19)21(28)26-27-12-2-1-3-13-27/h1-13,19-20H,14H2. The van der Waals surface area contributed by atoms with Gasteiger partial charge in [0.2, 0.25) is 12.4 Å². The van der Waals surface area contributed by atoms with Gasteiger partial charge in [0.15, 0.2) is 0 Å². The monoisotopic (exact) mass is 398 g/mol. The third-order valence-corrected chi connectivity index (χ3v) is 4.78. The van der Waals surface area contributed by atoms with Gasteiger partial charge >= 0.3 is 6.36 Å². The van der Waals surface area contributed by atoms with E-state index in [4.69, 9.17) is 0 Å². The number of halogens is 3. The molecule has 1 fully saturated rings. The number of rotatable bonds is 5. The Kier molecular flexibility index (Phi) is 4.96. The van der Waals surface area contributed by atoms with Crippen molar-refractivity contribution in [1.82, 2.24) is 0 Å². The van der Waals surface area contributed by atoms with E-state index in [1.54, 1.807) is 24.5 Å². The van der Waals surface area contributed by atoms with Gasteiger partial charge in [-0.05, 0) is 46.3 Å². The van der Waals surface area contributed by atoms with Gasteiger partial charge in [-0.25, -0.2) is 0 Å².